The number of nitrogens with one attached hydrogen (secondary N) is 1. The van der Waals surface area contributed by atoms with Gasteiger partial charge in [0.15, 0.2) is 0 Å². The molecule has 0 atom stereocenters. The Hall–Kier alpha value is -3.42. The highest BCUT2D eigenvalue weighted by Crippen LogP contribution is 2.30. The predicted octanol–water partition coefficient (Wildman–Crippen LogP) is 6.27. The number of hydrogen-bond donors (Lipinski definition) is 1. The van der Waals surface area contributed by atoms with Gasteiger partial charge < -0.3 is 4.74 Å². The van der Waals surface area contributed by atoms with E-state index < -0.39 is 17.8 Å². The first-order valence-corrected chi connectivity index (χ1v) is 12.0. The second-order valence-electron chi connectivity index (χ2n) is 8.36. The van der Waals surface area contributed by atoms with Crippen LogP contribution >= 0.6 is 27.5 Å². The molecule has 0 radical (unpaired) electrons. The van der Waals surface area contributed by atoms with Crippen LogP contribution in [0, 0.1) is 20.8 Å². The van der Waals surface area contributed by atoms with Gasteiger partial charge in [-0.25, -0.2) is 9.69 Å². The van der Waals surface area contributed by atoms with Gasteiger partial charge in [-0.15, -0.1) is 0 Å². The first-order valence-electron chi connectivity index (χ1n) is 10.8. The van der Waals surface area contributed by atoms with E-state index in [4.69, 9.17) is 16.3 Å². The molecule has 0 bridgehead atoms. The van der Waals surface area contributed by atoms with Crippen LogP contribution < -0.4 is 15.0 Å². The summed E-state index contributed by atoms with van der Waals surface area (Å²) in [4.78, 5) is 39.1. The maximum atomic E-state index is 13.2. The first kappa shape index (κ1) is 24.7. The van der Waals surface area contributed by atoms with Crippen molar-refractivity contribution in [2.75, 3.05) is 4.90 Å². The van der Waals surface area contributed by atoms with Crippen molar-refractivity contribution in [1.82, 2.24) is 5.32 Å². The van der Waals surface area contributed by atoms with Crippen LogP contribution in [0.2, 0.25) is 5.02 Å². The zero-order valence-corrected chi connectivity index (χ0v) is 21.7. The number of carbonyl (C=O) groups excluding carboxylic acids is 3. The van der Waals surface area contributed by atoms with E-state index in [2.05, 4.69) is 27.3 Å². The number of ether oxygens (including phenoxy) is 1. The van der Waals surface area contributed by atoms with E-state index in [0.29, 0.717) is 34.2 Å². The number of nitrogens with zero attached hydrogens (tertiary/aromatic N) is 1. The van der Waals surface area contributed by atoms with Gasteiger partial charge in [-0.1, -0.05) is 62.9 Å². The fourth-order valence-electron chi connectivity index (χ4n) is 3.95. The van der Waals surface area contributed by atoms with Crippen LogP contribution in [0.5, 0.6) is 5.75 Å². The van der Waals surface area contributed by atoms with Gasteiger partial charge in [0.2, 0.25) is 0 Å². The minimum absolute atomic E-state index is 0.174. The normalized spacial score (nSPS) is 14.9. The van der Waals surface area contributed by atoms with Crippen LogP contribution in [-0.4, -0.2) is 17.8 Å². The molecule has 1 heterocycles. The zero-order chi connectivity index (χ0) is 25.3. The van der Waals surface area contributed by atoms with Crippen molar-refractivity contribution < 1.29 is 19.1 Å². The van der Waals surface area contributed by atoms with E-state index in [-0.39, 0.29) is 5.57 Å². The molecular formula is C27H22BrClN2O4. The lowest BCUT2D eigenvalue weighted by atomic mass is 10.1. The molecule has 1 aliphatic rings. The smallest absolute Gasteiger partial charge is 0.335 e. The van der Waals surface area contributed by atoms with E-state index >= 15 is 0 Å². The van der Waals surface area contributed by atoms with Crippen LogP contribution in [0.1, 0.15) is 27.8 Å². The molecule has 1 N–H and O–H groups in total. The molecule has 8 heteroatoms. The molecule has 3 aromatic carbocycles. The summed E-state index contributed by atoms with van der Waals surface area (Å²) >= 11 is 9.79. The number of aryl methyl sites for hydroxylation is 3. The van der Waals surface area contributed by atoms with Gasteiger partial charge in [-0.3, -0.25) is 14.9 Å². The summed E-state index contributed by atoms with van der Waals surface area (Å²) in [5.41, 5.74) is 4.77. The Labute approximate surface area is 216 Å². The summed E-state index contributed by atoms with van der Waals surface area (Å²) in [5.74, 6) is -0.998. The maximum Gasteiger partial charge on any atom is 0.335 e. The quantitative estimate of drug-likeness (QED) is 0.298. The Morgan fingerprint density at radius 3 is 2.34 bits per heavy atom. The van der Waals surface area contributed by atoms with Gasteiger partial charge in [-0.2, -0.15) is 0 Å². The molecule has 0 unspecified atom stereocenters. The van der Waals surface area contributed by atoms with Crippen LogP contribution in [0.25, 0.3) is 6.08 Å². The third-order valence-electron chi connectivity index (χ3n) is 5.44. The average molecular weight is 554 g/mol. The highest BCUT2D eigenvalue weighted by Gasteiger charge is 2.37. The van der Waals surface area contributed by atoms with Gasteiger partial charge >= 0.3 is 6.03 Å². The van der Waals surface area contributed by atoms with Gasteiger partial charge in [0.05, 0.1) is 10.7 Å². The monoisotopic (exact) mass is 552 g/mol. The van der Waals surface area contributed by atoms with E-state index in [1.54, 1.807) is 43.3 Å². The van der Waals surface area contributed by atoms with Gasteiger partial charge in [0.1, 0.15) is 17.9 Å². The van der Waals surface area contributed by atoms with E-state index in [9.17, 15) is 14.4 Å². The fourth-order valence-corrected chi connectivity index (χ4v) is 4.67. The third kappa shape index (κ3) is 5.47. The van der Waals surface area contributed by atoms with Crippen molar-refractivity contribution in [2.45, 2.75) is 27.4 Å². The lowest BCUT2D eigenvalue weighted by molar-refractivity contribution is -0.122. The number of rotatable bonds is 5. The molecular weight excluding hydrogens is 532 g/mol. The number of benzene rings is 3. The summed E-state index contributed by atoms with van der Waals surface area (Å²) in [6.07, 6.45) is 1.41. The van der Waals surface area contributed by atoms with E-state index in [1.165, 1.54) is 6.08 Å². The molecule has 3 aromatic rings. The molecule has 4 rings (SSSR count). The number of anilines is 1. The van der Waals surface area contributed by atoms with E-state index in [1.807, 2.05) is 26.0 Å². The van der Waals surface area contributed by atoms with Crippen LogP contribution in [-0.2, 0) is 16.2 Å². The second-order valence-corrected chi connectivity index (χ2v) is 9.69. The van der Waals surface area contributed by atoms with Crippen molar-refractivity contribution in [3.05, 3.63) is 97.5 Å². The minimum Gasteiger partial charge on any atom is -0.487 e. The molecule has 0 saturated carbocycles. The van der Waals surface area contributed by atoms with Gasteiger partial charge in [0.25, 0.3) is 11.8 Å². The molecule has 6 nitrogen and oxygen atoms in total. The number of imide groups is 2. The lowest BCUT2D eigenvalue weighted by Crippen LogP contribution is -2.54. The SMILES string of the molecule is Cc1cc(C)cc(COc2ccc(/C=C3/C(=O)NC(=O)N(c4ccc(Br)cc4C)C3=O)cc2Cl)c1. The molecule has 0 spiro atoms. The first-order chi connectivity index (χ1) is 16.6. The summed E-state index contributed by atoms with van der Waals surface area (Å²) < 4.78 is 6.69. The summed E-state index contributed by atoms with van der Waals surface area (Å²) in [5, 5.41) is 2.57. The molecule has 35 heavy (non-hydrogen) atoms. The highest BCUT2D eigenvalue weighted by atomic mass is 79.9. The summed E-state index contributed by atoms with van der Waals surface area (Å²) in [7, 11) is 0. The molecule has 1 saturated heterocycles. The van der Waals surface area contributed by atoms with Gasteiger partial charge in [0, 0.05) is 4.47 Å². The number of barbiturate groups is 1. The van der Waals surface area contributed by atoms with Gasteiger partial charge in [-0.05, 0) is 73.9 Å². The molecule has 0 aliphatic carbocycles. The van der Waals surface area contributed by atoms with Crippen molar-refractivity contribution in [2.24, 2.45) is 0 Å². The van der Waals surface area contributed by atoms with Crippen LogP contribution in [0.3, 0.4) is 0 Å². The fraction of sp³-hybridized carbons (Fsp3) is 0.148. The zero-order valence-electron chi connectivity index (χ0n) is 19.3. The lowest BCUT2D eigenvalue weighted by Gasteiger charge is -2.27. The molecule has 0 aromatic heterocycles. The van der Waals surface area contributed by atoms with Crippen molar-refractivity contribution in [3.63, 3.8) is 0 Å². The average Bonchev–Trinajstić information content (AvgIpc) is 2.76. The topological polar surface area (TPSA) is 75.7 Å². The Morgan fingerprint density at radius 1 is 0.971 bits per heavy atom. The molecule has 4 amide bonds. The highest BCUT2D eigenvalue weighted by molar-refractivity contribution is 9.10. The Kier molecular flexibility index (Phi) is 7.10. The number of amides is 4. The maximum absolute atomic E-state index is 13.2. The Balaban J connectivity index is 1.58. The standard InChI is InChI=1S/C27H22BrClN2O4/c1-15-8-16(2)10-19(9-15)14-35-24-7-4-18(13-22(24)29)12-21-25(32)30-27(34)31(26(21)33)23-6-5-20(28)11-17(23)3/h4-13H,14H2,1-3H3,(H,30,32,34)/b21-12-. The number of carbonyl (C=O) groups is 3. The summed E-state index contributed by atoms with van der Waals surface area (Å²) in [6, 6.07) is 15.5. The molecule has 1 fully saturated rings. The van der Waals surface area contributed by atoms with Crippen molar-refractivity contribution in [1.29, 1.82) is 0 Å². The molecule has 1 aliphatic heterocycles. The number of hydrogen-bond acceptors (Lipinski definition) is 4. The third-order valence-corrected chi connectivity index (χ3v) is 6.23. The minimum atomic E-state index is -0.796. The van der Waals surface area contributed by atoms with Crippen molar-refractivity contribution in [3.8, 4) is 5.75 Å². The predicted molar refractivity (Wildman–Crippen MR) is 140 cm³/mol. The number of halogens is 2. The summed E-state index contributed by atoms with van der Waals surface area (Å²) in [6.45, 7) is 6.19. The second kappa shape index (κ2) is 10.1. The molecule has 178 valence electrons. The van der Waals surface area contributed by atoms with E-state index in [0.717, 1.165) is 26.1 Å². The van der Waals surface area contributed by atoms with Crippen LogP contribution in [0.4, 0.5) is 10.5 Å². The largest absolute Gasteiger partial charge is 0.487 e. The van der Waals surface area contributed by atoms with Crippen molar-refractivity contribution >= 4 is 57.1 Å². The Morgan fingerprint density at radius 2 is 1.69 bits per heavy atom. The number of urea groups is 1. The van der Waals surface area contributed by atoms with Crippen LogP contribution in [0.15, 0.2) is 64.6 Å². The Bertz CT molecular complexity index is 1380.